The highest BCUT2D eigenvalue weighted by Gasteiger charge is 2.41. The van der Waals surface area contributed by atoms with E-state index in [4.69, 9.17) is 14.9 Å². The molecular weight excluding hydrogens is 756 g/mol. The molecule has 0 radical (unpaired) electrons. The van der Waals surface area contributed by atoms with Crippen LogP contribution in [-0.2, 0) is 27.5 Å². The Balaban J connectivity index is 0.000000298. The minimum Gasteiger partial charge on any atom is -0.507 e. The number of carbonyl (C=O) groups excluding carboxylic acids is 2. The zero-order valence-electron chi connectivity index (χ0n) is 30.8. The quantitative estimate of drug-likeness (QED) is 0.137. The van der Waals surface area contributed by atoms with E-state index < -0.39 is 39.9 Å². The van der Waals surface area contributed by atoms with Crippen molar-refractivity contribution in [2.75, 3.05) is 26.7 Å². The van der Waals surface area contributed by atoms with Gasteiger partial charge in [-0.1, -0.05) is 31.5 Å². The number of carboxylic acid groups (broad SMARTS) is 1. The smallest absolute Gasteiger partial charge is 0.425 e. The molecule has 2 fully saturated rings. The monoisotopic (exact) mass is 803 g/mol. The van der Waals surface area contributed by atoms with Crippen molar-refractivity contribution in [1.82, 2.24) is 14.8 Å². The number of aromatic hydroxyl groups is 1. The SMILES string of the molecule is CCCC1C(C(=O)N2CCC(O)(c3ccccc3OC(C)CCC(=O)O)CC2)CCCN1C.O=Cc1cnccc1C(F)(F)F.Oc1csc(C(F)(F)F)c1. The van der Waals surface area contributed by atoms with Gasteiger partial charge in [0.1, 0.15) is 16.4 Å². The Morgan fingerprint density at radius 3 is 2.29 bits per heavy atom. The lowest BCUT2D eigenvalue weighted by molar-refractivity contribution is -0.144. The highest BCUT2D eigenvalue weighted by atomic mass is 32.1. The second-order valence-electron chi connectivity index (χ2n) is 13.5. The number of halogens is 6. The van der Waals surface area contributed by atoms with Crippen LogP contribution < -0.4 is 4.74 Å². The third-order valence-electron chi connectivity index (χ3n) is 9.49. The number of alkyl halides is 6. The fraction of sp³-hybridized carbons (Fsp3) is 0.526. The maximum Gasteiger partial charge on any atom is 0.425 e. The first kappa shape index (κ1) is 45.2. The summed E-state index contributed by atoms with van der Waals surface area (Å²) < 4.78 is 77.3. The minimum atomic E-state index is -4.49. The van der Waals surface area contributed by atoms with E-state index in [1.807, 2.05) is 36.1 Å². The minimum absolute atomic E-state index is 0.0417. The summed E-state index contributed by atoms with van der Waals surface area (Å²) >= 11 is 0.481. The van der Waals surface area contributed by atoms with Gasteiger partial charge in [0, 0.05) is 60.5 Å². The molecule has 4 heterocycles. The number of hydrogen-bond acceptors (Lipinski definition) is 9. The Labute approximate surface area is 319 Å². The van der Waals surface area contributed by atoms with E-state index in [9.17, 15) is 45.8 Å². The van der Waals surface area contributed by atoms with Gasteiger partial charge < -0.3 is 29.9 Å². The van der Waals surface area contributed by atoms with E-state index in [1.165, 1.54) is 0 Å². The van der Waals surface area contributed by atoms with Gasteiger partial charge in [0.2, 0.25) is 5.91 Å². The number of benzene rings is 1. The van der Waals surface area contributed by atoms with Crippen LogP contribution in [0.25, 0.3) is 0 Å². The Bertz CT molecular complexity index is 1690. The van der Waals surface area contributed by atoms with Crippen molar-refractivity contribution in [3.8, 4) is 11.5 Å². The van der Waals surface area contributed by atoms with Crippen molar-refractivity contribution in [2.45, 2.75) is 95.3 Å². The van der Waals surface area contributed by atoms with Crippen LogP contribution in [0.3, 0.4) is 0 Å². The molecule has 0 spiro atoms. The Hall–Kier alpha value is -4.22. The fourth-order valence-electron chi connectivity index (χ4n) is 6.62. The number of piperidine rings is 2. The number of nitrogens with zero attached hydrogens (tertiary/aromatic N) is 3. The standard InChI is InChI=1S/C26H40N2O5.C7H4F3NO.C5H3F3OS/c1-4-8-22-20(9-7-16-27(22)3)25(31)28-17-14-26(32,15-18-28)21-10-5-6-11-23(21)33-19(2)12-13-24(29)30;8-7(9,10)6-1-2-11-3-5(6)4-12;6-5(7,8)4-1-3(9)2-10-4/h5-6,10-11,19-20,22,32H,4,7-9,12-18H2,1-3H3,(H,29,30);1-4H;1-2,9H. The van der Waals surface area contributed by atoms with Gasteiger partial charge in [0.05, 0.1) is 23.2 Å². The van der Waals surface area contributed by atoms with Crippen LogP contribution in [-0.4, -0.2) is 87.1 Å². The summed E-state index contributed by atoms with van der Waals surface area (Å²) in [5.41, 5.74) is -1.73. The molecule has 3 N–H and O–H groups in total. The molecule has 1 amide bonds. The number of carbonyl (C=O) groups is 3. The number of aliphatic hydroxyl groups is 1. The summed E-state index contributed by atoms with van der Waals surface area (Å²) in [7, 11) is 2.13. The zero-order chi connectivity index (χ0) is 41.0. The number of aromatic nitrogens is 1. The van der Waals surface area contributed by atoms with Crippen molar-refractivity contribution < 1.29 is 60.8 Å². The molecule has 0 saturated carbocycles. The van der Waals surface area contributed by atoms with Gasteiger partial charge in [-0.2, -0.15) is 26.3 Å². The predicted molar refractivity (Wildman–Crippen MR) is 193 cm³/mol. The summed E-state index contributed by atoms with van der Waals surface area (Å²) in [4.78, 5) is 41.3. The van der Waals surface area contributed by atoms with Crippen LogP contribution in [0.5, 0.6) is 11.5 Å². The second-order valence-corrected chi connectivity index (χ2v) is 14.5. The summed E-state index contributed by atoms with van der Waals surface area (Å²) in [6, 6.07) is 9.22. The predicted octanol–water partition coefficient (Wildman–Crippen LogP) is 8.02. The van der Waals surface area contributed by atoms with Gasteiger partial charge in [-0.25, -0.2) is 0 Å². The molecule has 2 saturated heterocycles. The number of thiophene rings is 1. The molecule has 55 heavy (non-hydrogen) atoms. The zero-order valence-corrected chi connectivity index (χ0v) is 31.6. The van der Waals surface area contributed by atoms with Crippen molar-refractivity contribution in [3.05, 3.63) is 75.7 Å². The molecule has 17 heteroatoms. The van der Waals surface area contributed by atoms with E-state index >= 15 is 0 Å². The molecule has 10 nitrogen and oxygen atoms in total. The van der Waals surface area contributed by atoms with Crippen molar-refractivity contribution >= 4 is 29.5 Å². The van der Waals surface area contributed by atoms with Crippen LogP contribution in [0.4, 0.5) is 26.3 Å². The normalized spacial score (nSPS) is 19.2. The number of carboxylic acids is 1. The number of amides is 1. The van der Waals surface area contributed by atoms with Crippen LogP contribution in [0.2, 0.25) is 0 Å². The molecule has 2 aromatic heterocycles. The summed E-state index contributed by atoms with van der Waals surface area (Å²) in [5.74, 6) is -0.318. The van der Waals surface area contributed by atoms with Crippen molar-refractivity contribution in [3.63, 3.8) is 0 Å². The number of aldehydes is 1. The molecule has 304 valence electrons. The van der Waals surface area contributed by atoms with Gasteiger partial charge in [0.15, 0.2) is 6.29 Å². The van der Waals surface area contributed by atoms with Crippen LogP contribution >= 0.6 is 11.3 Å². The lowest BCUT2D eigenvalue weighted by Crippen LogP contribution is -2.53. The number of ether oxygens (including phenoxy) is 1. The van der Waals surface area contributed by atoms with E-state index in [0.717, 1.165) is 61.6 Å². The Morgan fingerprint density at radius 1 is 1.09 bits per heavy atom. The number of aliphatic carboxylic acids is 1. The average molecular weight is 804 g/mol. The van der Waals surface area contributed by atoms with E-state index in [0.29, 0.717) is 61.5 Å². The third kappa shape index (κ3) is 13.2. The molecule has 3 aromatic rings. The highest BCUT2D eigenvalue weighted by Crippen LogP contribution is 2.40. The first-order chi connectivity index (χ1) is 25.8. The molecule has 2 aliphatic rings. The molecule has 0 bridgehead atoms. The van der Waals surface area contributed by atoms with Gasteiger partial charge in [-0.3, -0.25) is 19.4 Å². The van der Waals surface area contributed by atoms with Gasteiger partial charge in [-0.15, -0.1) is 11.3 Å². The molecule has 5 rings (SSSR count). The molecule has 2 aliphatic heterocycles. The summed E-state index contributed by atoms with van der Waals surface area (Å²) in [5, 5.41) is 30.0. The average Bonchev–Trinajstić information content (AvgIpc) is 3.59. The van der Waals surface area contributed by atoms with E-state index in [2.05, 4.69) is 23.9 Å². The molecule has 1 aromatic carbocycles. The highest BCUT2D eigenvalue weighted by molar-refractivity contribution is 7.10. The molecule has 3 atom stereocenters. The topological polar surface area (TPSA) is 140 Å². The number of likely N-dealkylation sites (tertiary alicyclic amines) is 2. The number of para-hydroxylation sites is 1. The number of pyridine rings is 1. The van der Waals surface area contributed by atoms with Crippen molar-refractivity contribution in [1.29, 1.82) is 0 Å². The van der Waals surface area contributed by atoms with Crippen LogP contribution in [0.15, 0.2) is 54.2 Å². The van der Waals surface area contributed by atoms with Gasteiger partial charge in [-0.05, 0) is 71.2 Å². The number of hydrogen-bond donors (Lipinski definition) is 3. The van der Waals surface area contributed by atoms with Gasteiger partial charge in [0.25, 0.3) is 0 Å². The largest absolute Gasteiger partial charge is 0.507 e. The fourth-order valence-corrected chi connectivity index (χ4v) is 7.26. The van der Waals surface area contributed by atoms with E-state index in [-0.39, 0.29) is 36.4 Å². The maximum absolute atomic E-state index is 13.4. The summed E-state index contributed by atoms with van der Waals surface area (Å²) in [6.45, 7) is 6.12. The first-order valence-electron chi connectivity index (χ1n) is 17.8. The maximum atomic E-state index is 13.4. The lowest BCUT2D eigenvalue weighted by atomic mass is 9.82. The lowest BCUT2D eigenvalue weighted by Gasteiger charge is -2.44. The molecular formula is C38H47F6N3O7S. The summed E-state index contributed by atoms with van der Waals surface area (Å²) in [6.07, 6.45) is -1.60. The number of rotatable bonds is 10. The first-order valence-corrected chi connectivity index (χ1v) is 18.7. The third-order valence-corrected chi connectivity index (χ3v) is 10.5. The Kier molecular flexibility index (Phi) is 16.5. The van der Waals surface area contributed by atoms with Crippen molar-refractivity contribution in [2.24, 2.45) is 5.92 Å². The van der Waals surface area contributed by atoms with Crippen LogP contribution in [0.1, 0.15) is 91.6 Å². The van der Waals surface area contributed by atoms with Crippen LogP contribution in [0, 0.1) is 5.92 Å². The molecule has 0 aliphatic carbocycles. The second kappa shape index (κ2) is 20.1. The van der Waals surface area contributed by atoms with Gasteiger partial charge >= 0.3 is 18.3 Å². The molecule has 3 unspecified atom stereocenters. The van der Waals surface area contributed by atoms with E-state index in [1.54, 1.807) is 0 Å². The Morgan fingerprint density at radius 2 is 1.76 bits per heavy atom.